The number of hydrogen-bond acceptors (Lipinski definition) is 7. The number of aryl methyl sites for hydroxylation is 2. The number of sulfonamides is 2. The molecular weight excluding hydrogens is 611 g/mol. The van der Waals surface area contributed by atoms with Crippen molar-refractivity contribution < 1.29 is 26.0 Å². The second kappa shape index (κ2) is 13.1. The van der Waals surface area contributed by atoms with Gasteiger partial charge in [0.05, 0.1) is 27.6 Å². The van der Waals surface area contributed by atoms with Crippen LogP contribution in [0.4, 0.5) is 5.69 Å². The van der Waals surface area contributed by atoms with Gasteiger partial charge >= 0.3 is 5.63 Å². The van der Waals surface area contributed by atoms with Crippen LogP contribution in [0.25, 0.3) is 23.1 Å². The molecule has 0 aliphatic rings. The summed E-state index contributed by atoms with van der Waals surface area (Å²) in [6.07, 6.45) is 5.22. The van der Waals surface area contributed by atoms with E-state index in [0.717, 1.165) is 29.5 Å². The molecule has 232 valence electrons. The van der Waals surface area contributed by atoms with Crippen molar-refractivity contribution in [3.05, 3.63) is 130 Å². The maximum absolute atomic E-state index is 14.0. The standard InChI is InChI=1S/C35H33NO7S2/c1-4-5-22-42-33-9-7-6-8-27(33)14-15-28-23-29-24-30(16-21-34(29)43-35(28)37)36(44(38,39)31-17-10-25(2)11-18-31)45(40,41)32-19-12-26(3)13-20-32/h6-21,23-24H,4-5,22H2,1-3H3/b15-14+. The number of unbranched alkanes of at least 4 members (excludes halogenated alkanes) is 1. The predicted octanol–water partition coefficient (Wildman–Crippen LogP) is 7.34. The van der Waals surface area contributed by atoms with Gasteiger partial charge < -0.3 is 9.15 Å². The third kappa shape index (κ3) is 6.87. The van der Waals surface area contributed by atoms with Gasteiger partial charge in [-0.05, 0) is 80.9 Å². The molecule has 1 aromatic heterocycles. The highest BCUT2D eigenvalue weighted by Gasteiger charge is 2.37. The van der Waals surface area contributed by atoms with Gasteiger partial charge in [0.2, 0.25) is 0 Å². The van der Waals surface area contributed by atoms with Crippen molar-refractivity contribution in [2.24, 2.45) is 0 Å². The highest BCUT2D eigenvalue weighted by molar-refractivity contribution is 8.10. The summed E-state index contributed by atoms with van der Waals surface area (Å²) in [5.41, 5.74) is 2.02. The molecule has 5 rings (SSSR count). The monoisotopic (exact) mass is 643 g/mol. The molecule has 0 aliphatic carbocycles. The third-order valence-electron chi connectivity index (χ3n) is 7.14. The van der Waals surface area contributed by atoms with Crippen LogP contribution in [0.5, 0.6) is 5.75 Å². The van der Waals surface area contributed by atoms with Crippen LogP contribution in [-0.2, 0) is 20.0 Å². The Balaban J connectivity index is 1.61. The Labute approximate surface area is 263 Å². The molecule has 0 N–H and O–H groups in total. The van der Waals surface area contributed by atoms with Crippen molar-refractivity contribution in [2.45, 2.75) is 43.4 Å². The third-order valence-corrected chi connectivity index (χ3v) is 11.4. The number of para-hydroxylation sites is 1. The molecule has 0 spiro atoms. The van der Waals surface area contributed by atoms with Gasteiger partial charge in [-0.2, -0.15) is 3.71 Å². The predicted molar refractivity (Wildman–Crippen MR) is 177 cm³/mol. The Morgan fingerprint density at radius 2 is 1.31 bits per heavy atom. The summed E-state index contributed by atoms with van der Waals surface area (Å²) in [5.74, 6) is 0.674. The van der Waals surface area contributed by atoms with E-state index in [2.05, 4.69) is 6.92 Å². The van der Waals surface area contributed by atoms with Gasteiger partial charge in [0.15, 0.2) is 0 Å². The number of ether oxygens (including phenoxy) is 1. The molecule has 45 heavy (non-hydrogen) atoms. The zero-order valence-electron chi connectivity index (χ0n) is 25.1. The average Bonchev–Trinajstić information content (AvgIpc) is 3.01. The number of fused-ring (bicyclic) bond motifs is 1. The summed E-state index contributed by atoms with van der Waals surface area (Å²) in [6.45, 7) is 6.25. The molecule has 4 aromatic carbocycles. The first-order chi connectivity index (χ1) is 21.5. The summed E-state index contributed by atoms with van der Waals surface area (Å²) >= 11 is 0. The molecule has 10 heteroatoms. The minimum atomic E-state index is -4.61. The van der Waals surface area contributed by atoms with Gasteiger partial charge in [0.25, 0.3) is 20.0 Å². The number of benzene rings is 4. The Bertz CT molecular complexity index is 2060. The van der Waals surface area contributed by atoms with E-state index in [1.165, 1.54) is 48.5 Å². The van der Waals surface area contributed by atoms with Crippen LogP contribution in [0.3, 0.4) is 0 Å². The smallest absolute Gasteiger partial charge is 0.343 e. The van der Waals surface area contributed by atoms with Crippen molar-refractivity contribution in [2.75, 3.05) is 10.3 Å². The summed E-state index contributed by atoms with van der Waals surface area (Å²) in [6, 6.07) is 24.9. The van der Waals surface area contributed by atoms with E-state index in [0.29, 0.717) is 21.5 Å². The first-order valence-corrected chi connectivity index (χ1v) is 17.3. The number of rotatable bonds is 11. The molecule has 5 aromatic rings. The van der Waals surface area contributed by atoms with Crippen LogP contribution < -0.4 is 14.1 Å². The van der Waals surface area contributed by atoms with Crippen LogP contribution in [0.1, 0.15) is 42.0 Å². The highest BCUT2D eigenvalue weighted by atomic mass is 32.3. The number of nitrogens with zero attached hydrogens (tertiary/aromatic N) is 1. The lowest BCUT2D eigenvalue weighted by atomic mass is 10.1. The summed E-state index contributed by atoms with van der Waals surface area (Å²) in [7, 11) is -9.22. The fourth-order valence-corrected chi connectivity index (χ4v) is 8.31. The highest BCUT2D eigenvalue weighted by Crippen LogP contribution is 2.33. The molecule has 0 amide bonds. The molecule has 0 atom stereocenters. The summed E-state index contributed by atoms with van der Waals surface area (Å²) in [4.78, 5) is 12.5. The van der Waals surface area contributed by atoms with Crippen molar-refractivity contribution in [3.8, 4) is 5.75 Å². The summed E-state index contributed by atoms with van der Waals surface area (Å²) in [5, 5.41) is 0.336. The quantitative estimate of drug-likeness (QED) is 0.109. The van der Waals surface area contributed by atoms with Crippen molar-refractivity contribution in [3.63, 3.8) is 0 Å². The van der Waals surface area contributed by atoms with E-state index in [1.54, 1.807) is 50.3 Å². The van der Waals surface area contributed by atoms with Gasteiger partial charge in [-0.15, -0.1) is 0 Å². The normalized spacial score (nSPS) is 12.1. The summed E-state index contributed by atoms with van der Waals surface area (Å²) < 4.78 is 67.9. The Kier molecular flexibility index (Phi) is 9.27. The van der Waals surface area contributed by atoms with Gasteiger partial charge in [-0.3, -0.25) is 0 Å². The fraction of sp³-hybridized carbons (Fsp3) is 0.171. The minimum Gasteiger partial charge on any atom is -0.493 e. The molecule has 0 saturated carbocycles. The zero-order chi connectivity index (χ0) is 32.2. The first-order valence-electron chi connectivity index (χ1n) is 14.4. The Morgan fingerprint density at radius 3 is 1.91 bits per heavy atom. The number of hydrogen-bond donors (Lipinski definition) is 0. The van der Waals surface area contributed by atoms with E-state index in [4.69, 9.17) is 9.15 Å². The van der Waals surface area contributed by atoms with E-state index in [1.807, 2.05) is 24.3 Å². The van der Waals surface area contributed by atoms with Gasteiger partial charge in [-0.1, -0.05) is 73.0 Å². The first kappa shape index (κ1) is 31.7. The molecule has 8 nitrogen and oxygen atoms in total. The average molecular weight is 644 g/mol. The maximum atomic E-state index is 14.0. The van der Waals surface area contributed by atoms with E-state index in [9.17, 15) is 21.6 Å². The molecule has 0 bridgehead atoms. The van der Waals surface area contributed by atoms with E-state index < -0.39 is 25.7 Å². The lowest BCUT2D eigenvalue weighted by Gasteiger charge is -2.24. The zero-order valence-corrected chi connectivity index (χ0v) is 26.8. The fourth-order valence-electron chi connectivity index (χ4n) is 4.63. The lowest BCUT2D eigenvalue weighted by molar-refractivity contribution is 0.309. The van der Waals surface area contributed by atoms with E-state index >= 15 is 0 Å². The molecule has 0 unspecified atom stereocenters. The van der Waals surface area contributed by atoms with Crippen molar-refractivity contribution in [1.29, 1.82) is 0 Å². The maximum Gasteiger partial charge on any atom is 0.343 e. The van der Waals surface area contributed by atoms with Crippen LogP contribution in [0, 0.1) is 13.8 Å². The SMILES string of the molecule is CCCCOc1ccccc1/C=C/c1cc2cc(N(S(=O)(=O)c3ccc(C)cc3)S(=O)(=O)c3ccc(C)cc3)ccc2oc1=O. The van der Waals surface area contributed by atoms with Crippen molar-refractivity contribution >= 4 is 48.9 Å². The van der Waals surface area contributed by atoms with Crippen LogP contribution in [0.15, 0.2) is 116 Å². The van der Waals surface area contributed by atoms with Gasteiger partial charge in [-0.25, -0.2) is 21.6 Å². The van der Waals surface area contributed by atoms with Gasteiger partial charge in [0.1, 0.15) is 11.3 Å². The van der Waals surface area contributed by atoms with Crippen LogP contribution in [-0.4, -0.2) is 23.4 Å². The van der Waals surface area contributed by atoms with E-state index in [-0.39, 0.29) is 26.6 Å². The van der Waals surface area contributed by atoms with Crippen LogP contribution in [0.2, 0.25) is 0 Å². The molecule has 0 saturated heterocycles. The molecule has 0 fully saturated rings. The lowest BCUT2D eigenvalue weighted by Crippen LogP contribution is -2.37. The largest absolute Gasteiger partial charge is 0.493 e. The Morgan fingerprint density at radius 1 is 0.733 bits per heavy atom. The van der Waals surface area contributed by atoms with Crippen LogP contribution >= 0.6 is 0 Å². The number of anilines is 1. The van der Waals surface area contributed by atoms with Gasteiger partial charge in [0, 0.05) is 10.9 Å². The Hall–Kier alpha value is -4.67. The van der Waals surface area contributed by atoms with Crippen molar-refractivity contribution in [1.82, 2.24) is 0 Å². The molecule has 0 aliphatic heterocycles. The second-order valence-corrected chi connectivity index (χ2v) is 14.4. The topological polar surface area (TPSA) is 111 Å². The molecular formula is C35H33NO7S2. The minimum absolute atomic E-state index is 0.137. The second-order valence-electron chi connectivity index (χ2n) is 10.6. The molecule has 1 heterocycles. The molecule has 0 radical (unpaired) electrons.